The van der Waals surface area contributed by atoms with Gasteiger partial charge in [0.25, 0.3) is 0 Å². The molecule has 98 valence electrons. The lowest BCUT2D eigenvalue weighted by Crippen LogP contribution is -2.17. The van der Waals surface area contributed by atoms with Gasteiger partial charge < -0.3 is 9.47 Å². The average molecular weight is 271 g/mol. The third-order valence-electron chi connectivity index (χ3n) is 1.70. The third-order valence-corrected chi connectivity index (χ3v) is 2.62. The van der Waals surface area contributed by atoms with Crippen LogP contribution in [0.15, 0.2) is 36.5 Å². The van der Waals surface area contributed by atoms with Crippen LogP contribution in [0.4, 0.5) is 0 Å². The quantitative estimate of drug-likeness (QED) is 0.713. The van der Waals surface area contributed by atoms with Crippen LogP contribution in [-0.4, -0.2) is 31.6 Å². The fourth-order valence-corrected chi connectivity index (χ4v) is 1.78. The van der Waals surface area contributed by atoms with Gasteiger partial charge in [-0.25, -0.2) is 23.5 Å². The molecule has 0 aliphatic carbocycles. The number of hydrogen-bond acceptors (Lipinski definition) is 6. The third kappa shape index (κ3) is 3.54. The van der Waals surface area contributed by atoms with Crippen LogP contribution in [-0.2, 0) is 10.0 Å². The van der Waals surface area contributed by atoms with Crippen LogP contribution in [0.2, 0.25) is 0 Å². The van der Waals surface area contributed by atoms with Gasteiger partial charge in [0.15, 0.2) is 0 Å². The Morgan fingerprint density at radius 3 is 1.94 bits per heavy atom. The fourth-order valence-electron chi connectivity index (χ4n) is 1.07. The minimum Gasteiger partial charge on any atom is -0.472 e. The number of rotatable bonds is 7. The highest BCUT2D eigenvalue weighted by molar-refractivity contribution is 7.89. The van der Waals surface area contributed by atoms with E-state index in [1.165, 1.54) is 12.2 Å². The first-order chi connectivity index (χ1) is 8.50. The molecule has 0 aromatic carbocycles. The molecule has 0 atom stereocenters. The van der Waals surface area contributed by atoms with Crippen molar-refractivity contribution in [2.45, 2.75) is 4.90 Å². The van der Waals surface area contributed by atoms with E-state index in [0.717, 1.165) is 6.33 Å². The van der Waals surface area contributed by atoms with Gasteiger partial charge in [-0.3, -0.25) is 0 Å². The summed E-state index contributed by atoms with van der Waals surface area (Å²) in [6, 6.07) is 0. The van der Waals surface area contributed by atoms with Crippen molar-refractivity contribution in [3.63, 3.8) is 0 Å². The largest absolute Gasteiger partial charge is 0.472 e. The van der Waals surface area contributed by atoms with Crippen molar-refractivity contribution in [2.24, 2.45) is 5.14 Å². The van der Waals surface area contributed by atoms with Gasteiger partial charge in [0.2, 0.25) is 26.7 Å². The second kappa shape index (κ2) is 6.12. The number of primary sulfonamides is 1. The van der Waals surface area contributed by atoms with Gasteiger partial charge in [-0.2, -0.15) is 0 Å². The molecule has 0 saturated heterocycles. The Morgan fingerprint density at radius 2 is 1.61 bits per heavy atom. The zero-order valence-electron chi connectivity index (χ0n) is 9.57. The summed E-state index contributed by atoms with van der Waals surface area (Å²) in [5, 5.41) is 5.08. The lowest BCUT2D eigenvalue weighted by atomic mass is 10.5. The highest BCUT2D eigenvalue weighted by Crippen LogP contribution is 2.27. The lowest BCUT2D eigenvalue weighted by Gasteiger charge is -2.10. The first-order valence-electron chi connectivity index (χ1n) is 4.86. The zero-order valence-corrected chi connectivity index (χ0v) is 10.4. The fraction of sp³-hybridized carbons (Fsp3) is 0.200. The summed E-state index contributed by atoms with van der Waals surface area (Å²) in [7, 11) is -4.07. The van der Waals surface area contributed by atoms with Crippen LogP contribution in [0.25, 0.3) is 0 Å². The topological polar surface area (TPSA) is 104 Å². The van der Waals surface area contributed by atoms with Gasteiger partial charge in [0, 0.05) is 0 Å². The van der Waals surface area contributed by atoms with E-state index in [9.17, 15) is 8.42 Å². The Labute approximate surface area is 105 Å². The molecule has 0 fully saturated rings. The van der Waals surface area contributed by atoms with Gasteiger partial charge in [-0.1, -0.05) is 25.3 Å². The molecule has 1 aromatic rings. The van der Waals surface area contributed by atoms with E-state index in [2.05, 4.69) is 23.1 Å². The van der Waals surface area contributed by atoms with Crippen LogP contribution in [0.1, 0.15) is 0 Å². The van der Waals surface area contributed by atoms with Gasteiger partial charge in [-0.05, 0) is 0 Å². The number of nitrogens with zero attached hydrogens (tertiary/aromatic N) is 2. The number of ether oxygens (including phenoxy) is 2. The smallest absolute Gasteiger partial charge is 0.248 e. The molecule has 0 saturated carbocycles. The SMILES string of the molecule is C=CCOc1ncnc(OCC=C)c1S(N)(=O)=O. The molecule has 0 bridgehead atoms. The van der Waals surface area contributed by atoms with Crippen LogP contribution in [0, 0.1) is 0 Å². The molecule has 0 aliphatic heterocycles. The minimum absolute atomic E-state index is 0.0838. The molecule has 7 nitrogen and oxygen atoms in total. The Kier molecular flexibility index (Phi) is 4.81. The second-order valence-electron chi connectivity index (χ2n) is 3.06. The highest BCUT2D eigenvalue weighted by Gasteiger charge is 2.24. The monoisotopic (exact) mass is 271 g/mol. The zero-order chi connectivity index (χ0) is 13.6. The van der Waals surface area contributed by atoms with Crippen LogP contribution in [0.3, 0.4) is 0 Å². The Balaban J connectivity index is 3.25. The molecule has 0 aliphatic rings. The van der Waals surface area contributed by atoms with Crippen LogP contribution in [0.5, 0.6) is 11.8 Å². The van der Waals surface area contributed by atoms with Crippen molar-refractivity contribution in [3.8, 4) is 11.8 Å². The Hall–Kier alpha value is -1.93. The molecular formula is C10H13N3O4S. The molecule has 1 heterocycles. The van der Waals surface area contributed by atoms with Gasteiger partial charge in [-0.15, -0.1) is 0 Å². The number of nitrogens with two attached hydrogens (primary N) is 1. The highest BCUT2D eigenvalue weighted by atomic mass is 32.2. The molecule has 1 aromatic heterocycles. The standard InChI is InChI=1S/C10H13N3O4S/c1-3-5-16-9-8(18(11,14)15)10(13-7-12-9)17-6-4-2/h3-4,7H,1-2,5-6H2,(H2,11,14,15). The van der Waals surface area contributed by atoms with Crippen LogP contribution >= 0.6 is 0 Å². The van der Waals surface area contributed by atoms with E-state index in [1.807, 2.05) is 0 Å². The van der Waals surface area contributed by atoms with Gasteiger partial charge in [0.05, 0.1) is 0 Å². The number of sulfonamides is 1. The maximum atomic E-state index is 11.5. The van der Waals surface area contributed by atoms with E-state index in [-0.39, 0.29) is 25.0 Å². The lowest BCUT2D eigenvalue weighted by molar-refractivity contribution is 0.306. The minimum atomic E-state index is -4.07. The van der Waals surface area contributed by atoms with E-state index < -0.39 is 14.9 Å². The molecular weight excluding hydrogens is 258 g/mol. The van der Waals surface area contributed by atoms with Gasteiger partial charge in [0.1, 0.15) is 19.5 Å². The van der Waals surface area contributed by atoms with Crippen molar-refractivity contribution >= 4 is 10.0 Å². The summed E-state index contributed by atoms with van der Waals surface area (Å²) in [6.45, 7) is 7.06. The molecule has 2 N–H and O–H groups in total. The summed E-state index contributed by atoms with van der Waals surface area (Å²) in [4.78, 5) is 7.02. The van der Waals surface area contributed by atoms with E-state index in [0.29, 0.717) is 0 Å². The summed E-state index contributed by atoms with van der Waals surface area (Å²) in [5.74, 6) is -0.349. The summed E-state index contributed by atoms with van der Waals surface area (Å²) in [5.41, 5.74) is 0. The van der Waals surface area contributed by atoms with E-state index >= 15 is 0 Å². The van der Waals surface area contributed by atoms with Crippen LogP contribution < -0.4 is 14.6 Å². The first-order valence-corrected chi connectivity index (χ1v) is 6.40. The molecule has 18 heavy (non-hydrogen) atoms. The van der Waals surface area contributed by atoms with E-state index in [4.69, 9.17) is 14.6 Å². The van der Waals surface area contributed by atoms with Crippen molar-refractivity contribution in [1.82, 2.24) is 9.97 Å². The molecule has 1 rings (SSSR count). The summed E-state index contributed by atoms with van der Waals surface area (Å²) >= 11 is 0. The van der Waals surface area contributed by atoms with E-state index in [1.54, 1.807) is 0 Å². The summed E-state index contributed by atoms with van der Waals surface area (Å²) < 4.78 is 33.2. The number of hydrogen-bond donors (Lipinski definition) is 1. The molecule has 0 spiro atoms. The van der Waals surface area contributed by atoms with Crippen molar-refractivity contribution < 1.29 is 17.9 Å². The van der Waals surface area contributed by atoms with Crippen molar-refractivity contribution in [1.29, 1.82) is 0 Å². The molecule has 0 radical (unpaired) electrons. The first kappa shape index (κ1) is 14.1. The summed E-state index contributed by atoms with van der Waals surface area (Å²) in [6.07, 6.45) is 4.00. The maximum absolute atomic E-state index is 11.5. The molecule has 8 heteroatoms. The molecule has 0 unspecified atom stereocenters. The Bertz CT molecular complexity index is 512. The average Bonchev–Trinajstić information content (AvgIpc) is 2.32. The second-order valence-corrected chi connectivity index (χ2v) is 4.56. The van der Waals surface area contributed by atoms with Crippen molar-refractivity contribution in [3.05, 3.63) is 31.6 Å². The Morgan fingerprint density at radius 1 is 1.17 bits per heavy atom. The van der Waals surface area contributed by atoms with Crippen molar-refractivity contribution in [2.75, 3.05) is 13.2 Å². The predicted molar refractivity (Wildman–Crippen MR) is 64.8 cm³/mol. The number of aromatic nitrogens is 2. The normalized spacial score (nSPS) is 10.7. The predicted octanol–water partition coefficient (Wildman–Crippen LogP) is 0.254. The molecule has 0 amide bonds. The maximum Gasteiger partial charge on any atom is 0.248 e. The van der Waals surface area contributed by atoms with Gasteiger partial charge >= 0.3 is 0 Å².